The van der Waals surface area contributed by atoms with E-state index in [0.29, 0.717) is 24.1 Å². The summed E-state index contributed by atoms with van der Waals surface area (Å²) in [4.78, 5) is 26.3. The molecule has 2 aromatic rings. The summed E-state index contributed by atoms with van der Waals surface area (Å²) in [6, 6.07) is 11.3. The number of nitrogens with zero attached hydrogens (tertiary/aromatic N) is 2. The van der Waals surface area contributed by atoms with Crippen LogP contribution in [0.15, 0.2) is 48.6 Å². The van der Waals surface area contributed by atoms with E-state index in [1.807, 2.05) is 24.3 Å². The first-order valence-corrected chi connectivity index (χ1v) is 16.3. The van der Waals surface area contributed by atoms with Gasteiger partial charge in [-0.15, -0.1) is 0 Å². The van der Waals surface area contributed by atoms with Gasteiger partial charge in [-0.1, -0.05) is 69.2 Å². The molecule has 8 heteroatoms. The maximum absolute atomic E-state index is 12.5. The van der Waals surface area contributed by atoms with Crippen molar-refractivity contribution in [2.75, 3.05) is 26.7 Å². The number of fused-ring (bicyclic) bond motifs is 1. The van der Waals surface area contributed by atoms with Crippen molar-refractivity contribution < 1.29 is 45.7 Å². The maximum Gasteiger partial charge on any atom is 0.261 e. The first-order valence-electron chi connectivity index (χ1n) is 16.3. The molecule has 2 aromatic carbocycles. The molecule has 236 valence electrons. The van der Waals surface area contributed by atoms with Gasteiger partial charge in [-0.25, -0.2) is 4.58 Å². The highest BCUT2D eigenvalue weighted by atomic mass is 79.9. The molecule has 2 amide bonds. The van der Waals surface area contributed by atoms with Crippen LogP contribution in [0.1, 0.15) is 109 Å². The molecule has 7 nitrogen and oxygen atoms in total. The fraction of sp³-hybridized carbons (Fsp3) is 0.528. The van der Waals surface area contributed by atoms with Crippen LogP contribution in [-0.4, -0.2) is 71.6 Å². The van der Waals surface area contributed by atoms with E-state index in [1.165, 1.54) is 61.0 Å². The summed E-state index contributed by atoms with van der Waals surface area (Å²) in [6.07, 6.45) is 19.4. The molecule has 3 heterocycles. The van der Waals surface area contributed by atoms with Gasteiger partial charge in [0, 0.05) is 36.9 Å². The fourth-order valence-electron chi connectivity index (χ4n) is 7.46. The van der Waals surface area contributed by atoms with Crippen molar-refractivity contribution in [3.05, 3.63) is 70.8 Å². The number of hydrogen-bond donors (Lipinski definition) is 1. The Kier molecular flexibility index (Phi) is 10.6. The number of rotatable bonds is 14. The van der Waals surface area contributed by atoms with Crippen molar-refractivity contribution in [2.45, 2.75) is 94.7 Å². The van der Waals surface area contributed by atoms with E-state index in [9.17, 15) is 14.7 Å². The summed E-state index contributed by atoms with van der Waals surface area (Å²) < 4.78 is 14.5. The molecule has 0 aromatic heterocycles. The SMILES string of the molecule is COc1ccc2c3c1O[C@H]1C[C@@H](O)C=C[C@@]31CC[N+](CCCCCCCCCCCCN1C(=O)c3ccccc3C1=O)=C2.[Br-]. The van der Waals surface area contributed by atoms with Gasteiger partial charge in [-0.3, -0.25) is 14.5 Å². The lowest BCUT2D eigenvalue weighted by molar-refractivity contribution is -0.524. The molecule has 0 bridgehead atoms. The molecule has 0 unspecified atom stereocenters. The number of unbranched alkanes of at least 4 members (excludes halogenated alkanes) is 9. The van der Waals surface area contributed by atoms with Crippen LogP contribution >= 0.6 is 0 Å². The molecule has 0 saturated carbocycles. The number of halogens is 1. The minimum atomic E-state index is -0.458. The molecule has 1 N–H and O–H groups in total. The molecule has 0 radical (unpaired) electrons. The summed E-state index contributed by atoms with van der Waals surface area (Å²) >= 11 is 0. The predicted molar refractivity (Wildman–Crippen MR) is 167 cm³/mol. The second-order valence-electron chi connectivity index (χ2n) is 12.6. The number of hydrogen-bond acceptors (Lipinski definition) is 5. The molecule has 0 saturated heterocycles. The van der Waals surface area contributed by atoms with Crippen LogP contribution in [0, 0.1) is 0 Å². The Hall–Kier alpha value is -2.97. The van der Waals surface area contributed by atoms with Crippen LogP contribution in [-0.2, 0) is 5.41 Å². The van der Waals surface area contributed by atoms with Crippen molar-refractivity contribution in [3.8, 4) is 11.5 Å². The van der Waals surface area contributed by atoms with E-state index in [2.05, 4.69) is 22.9 Å². The third-order valence-electron chi connectivity index (χ3n) is 9.83. The van der Waals surface area contributed by atoms with E-state index >= 15 is 0 Å². The monoisotopic (exact) mass is 664 g/mol. The fourth-order valence-corrected chi connectivity index (χ4v) is 7.46. The van der Waals surface area contributed by atoms with E-state index in [-0.39, 0.29) is 40.3 Å². The second-order valence-corrected chi connectivity index (χ2v) is 12.6. The highest BCUT2D eigenvalue weighted by Crippen LogP contribution is 2.54. The van der Waals surface area contributed by atoms with Gasteiger partial charge in [0.15, 0.2) is 17.7 Å². The predicted octanol–water partition coefficient (Wildman–Crippen LogP) is 3.05. The highest BCUT2D eigenvalue weighted by Gasteiger charge is 2.53. The van der Waals surface area contributed by atoms with Crippen LogP contribution in [0.25, 0.3) is 0 Å². The summed E-state index contributed by atoms with van der Waals surface area (Å²) in [7, 11) is 1.69. The lowest BCUT2D eigenvalue weighted by Crippen LogP contribution is -3.00. The van der Waals surface area contributed by atoms with Crippen LogP contribution in [0.4, 0.5) is 0 Å². The minimum Gasteiger partial charge on any atom is -1.00 e. The molecule has 6 rings (SSSR count). The van der Waals surface area contributed by atoms with Gasteiger partial charge in [-0.05, 0) is 37.1 Å². The zero-order valence-electron chi connectivity index (χ0n) is 25.8. The number of aliphatic hydroxyl groups is 1. The van der Waals surface area contributed by atoms with E-state index in [4.69, 9.17) is 9.47 Å². The molecule has 3 aliphatic heterocycles. The molecule has 4 aliphatic rings. The van der Waals surface area contributed by atoms with Gasteiger partial charge < -0.3 is 31.6 Å². The van der Waals surface area contributed by atoms with Crippen LogP contribution < -0.4 is 26.5 Å². The first kappa shape index (κ1) is 32.4. The number of amides is 2. The Morgan fingerprint density at radius 1 is 0.932 bits per heavy atom. The van der Waals surface area contributed by atoms with Gasteiger partial charge in [0.2, 0.25) is 0 Å². The van der Waals surface area contributed by atoms with E-state index in [0.717, 1.165) is 50.3 Å². The van der Waals surface area contributed by atoms with Crippen molar-refractivity contribution >= 4 is 18.0 Å². The van der Waals surface area contributed by atoms with Crippen LogP contribution in [0.3, 0.4) is 0 Å². The molecular weight excluding hydrogens is 620 g/mol. The van der Waals surface area contributed by atoms with Gasteiger partial charge in [0.1, 0.15) is 19.2 Å². The number of benzene rings is 2. The van der Waals surface area contributed by atoms with Crippen LogP contribution in [0.2, 0.25) is 0 Å². The van der Waals surface area contributed by atoms with Gasteiger partial charge in [-0.2, -0.15) is 0 Å². The first-order chi connectivity index (χ1) is 21.0. The third kappa shape index (κ3) is 6.38. The van der Waals surface area contributed by atoms with Crippen molar-refractivity contribution in [1.29, 1.82) is 0 Å². The Balaban J connectivity index is 0.00000384. The number of methoxy groups -OCH3 is 1. The number of carbonyl (C=O) groups is 2. The Morgan fingerprint density at radius 3 is 2.23 bits per heavy atom. The van der Waals surface area contributed by atoms with E-state index in [1.54, 1.807) is 19.2 Å². The van der Waals surface area contributed by atoms with Gasteiger partial charge in [0.05, 0.1) is 29.8 Å². The Morgan fingerprint density at radius 2 is 1.57 bits per heavy atom. The number of ether oxygens (including phenoxy) is 2. The number of imide groups is 1. The van der Waals surface area contributed by atoms with Gasteiger partial charge in [0.25, 0.3) is 11.8 Å². The van der Waals surface area contributed by atoms with E-state index < -0.39 is 6.10 Å². The average Bonchev–Trinajstić information content (AvgIpc) is 3.41. The van der Waals surface area contributed by atoms with Crippen molar-refractivity contribution in [1.82, 2.24) is 4.90 Å². The normalized spacial score (nSPS) is 22.9. The quantitative estimate of drug-likeness (QED) is 0.145. The zero-order chi connectivity index (χ0) is 29.8. The lowest BCUT2D eigenvalue weighted by Gasteiger charge is -2.34. The molecule has 3 atom stereocenters. The molecule has 44 heavy (non-hydrogen) atoms. The summed E-state index contributed by atoms with van der Waals surface area (Å²) in [5.74, 6) is 1.35. The lowest BCUT2D eigenvalue weighted by atomic mass is 9.69. The van der Waals surface area contributed by atoms with Gasteiger partial charge >= 0.3 is 0 Å². The molecule has 1 aliphatic carbocycles. The van der Waals surface area contributed by atoms with Crippen molar-refractivity contribution in [2.24, 2.45) is 0 Å². The Labute approximate surface area is 271 Å². The van der Waals surface area contributed by atoms with Crippen molar-refractivity contribution in [3.63, 3.8) is 0 Å². The third-order valence-corrected chi connectivity index (χ3v) is 9.83. The van der Waals surface area contributed by atoms with Crippen LogP contribution in [0.5, 0.6) is 11.5 Å². The topological polar surface area (TPSA) is 79.1 Å². The zero-order valence-corrected chi connectivity index (χ0v) is 27.4. The maximum atomic E-state index is 12.5. The molecule has 0 fully saturated rings. The average molecular weight is 666 g/mol. The smallest absolute Gasteiger partial charge is 0.261 e. The molecule has 1 spiro atoms. The highest BCUT2D eigenvalue weighted by molar-refractivity contribution is 6.21. The second kappa shape index (κ2) is 14.4. The number of carbonyl (C=O) groups excluding carboxylic acids is 2. The molecular formula is C36H45BrN2O5. The largest absolute Gasteiger partial charge is 1.00 e. The minimum absolute atomic E-state index is 0. The summed E-state index contributed by atoms with van der Waals surface area (Å²) in [6.45, 7) is 2.56. The summed E-state index contributed by atoms with van der Waals surface area (Å²) in [5, 5.41) is 10.3. The summed E-state index contributed by atoms with van der Waals surface area (Å²) in [5.41, 5.74) is 3.33. The Bertz CT molecular complexity index is 1390. The standard InChI is InChI=1S/C36H45N2O5.BrH/c1-42-30-17-16-26-25-37(23-20-36-19-18-27(39)24-31(36)43-33(30)32(26)36)21-12-8-6-4-2-3-5-7-9-13-22-38-34(40)28-14-10-11-15-29(28)35(38)41;/h10-11,14-19,25,27,31,39H,2-9,12-13,20-24H2,1H3;1H/q+1;/p-1/t27-,31-,36-;/m0./s1. The number of aliphatic hydroxyl groups excluding tert-OH is 1.